The van der Waals surface area contributed by atoms with E-state index in [1.54, 1.807) is 18.2 Å². The van der Waals surface area contributed by atoms with Crippen LogP contribution in [0.4, 0.5) is 26.3 Å². The fraction of sp³-hybridized carbons (Fsp3) is 0.250. The number of methoxy groups -OCH3 is 6. The monoisotopic (exact) mass is 1170 g/mol. The minimum atomic E-state index is -2.93. The van der Waals surface area contributed by atoms with E-state index in [9.17, 15) is 39.0 Å². The van der Waals surface area contributed by atoms with Gasteiger partial charge in [0.1, 0.15) is 17.2 Å². The first-order valence-corrected chi connectivity index (χ1v) is 26.0. The molecule has 6 heterocycles. The summed E-state index contributed by atoms with van der Waals surface area (Å²) in [7, 11) is 4.01. The van der Waals surface area contributed by atoms with Crippen LogP contribution in [0, 0.1) is 0 Å². The molecule has 0 bridgehead atoms. The Hall–Kier alpha value is -7.72. The molecular weight excluding hydrogens is 1130 g/mol. The molecule has 0 aliphatic carbocycles. The molecule has 3 atom stereocenters. The summed E-state index contributed by atoms with van der Waals surface area (Å²) in [6.07, 6.45) is 4.55. The van der Waals surface area contributed by atoms with Gasteiger partial charge in [0.05, 0.1) is 109 Å². The number of halogens is 6. The van der Waals surface area contributed by atoms with Crippen molar-refractivity contribution >= 4 is 82.9 Å². The normalized spacial score (nSPS) is 12.2. The number of alkyl halides is 6. The fourth-order valence-corrected chi connectivity index (χ4v) is 9.97. The zero-order valence-electron chi connectivity index (χ0n) is 42.0. The summed E-state index contributed by atoms with van der Waals surface area (Å²) in [5.41, 5.74) is 3.54. The minimum absolute atomic E-state index is 0. The number of pyridine rings is 3. The number of aromatic nitrogens is 9. The van der Waals surface area contributed by atoms with Gasteiger partial charge in [0, 0.05) is 52.3 Å². The first-order chi connectivity index (χ1) is 37.5. The van der Waals surface area contributed by atoms with Gasteiger partial charge in [-0.3, -0.25) is 27.6 Å². The number of imidazole rings is 3. The number of rotatable bonds is 21. The van der Waals surface area contributed by atoms with Crippen molar-refractivity contribution in [3.63, 3.8) is 0 Å². The molecule has 0 unspecified atom stereocenters. The van der Waals surface area contributed by atoms with Crippen LogP contribution in [0.3, 0.4) is 0 Å². The third-order valence-corrected chi connectivity index (χ3v) is 13.7. The molecule has 0 saturated heterocycles. The predicted molar refractivity (Wildman–Crippen MR) is 273 cm³/mol. The largest absolute Gasteiger partial charge is 3.00 e. The van der Waals surface area contributed by atoms with E-state index in [-0.39, 0.29) is 67.3 Å². The molecule has 0 amide bonds. The Bertz CT molecular complexity index is 3220. The quantitative estimate of drug-likeness (QED) is 0.0511. The smallest absolute Gasteiger partial charge is 0.493 e. The van der Waals surface area contributed by atoms with Gasteiger partial charge in [0.25, 0.3) is 0 Å². The van der Waals surface area contributed by atoms with Crippen molar-refractivity contribution in [2.45, 2.75) is 52.6 Å². The third-order valence-electron chi connectivity index (χ3n) is 10.3. The Morgan fingerprint density at radius 2 is 0.684 bits per heavy atom. The average Bonchev–Trinajstić information content (AvgIpc) is 4.25. The van der Waals surface area contributed by atoms with E-state index in [1.165, 1.54) is 116 Å². The summed E-state index contributed by atoms with van der Waals surface area (Å²) >= 11 is 0. The number of hydrogen-bond donors (Lipinski definition) is 0. The topological polar surface area (TPSA) is 254 Å². The summed E-state index contributed by atoms with van der Waals surface area (Å²) in [6, 6.07) is 17.3. The van der Waals surface area contributed by atoms with Crippen LogP contribution in [0.1, 0.15) is 17.1 Å². The molecule has 31 heteroatoms. The summed E-state index contributed by atoms with van der Waals surface area (Å²) < 4.78 is 156. The van der Waals surface area contributed by atoms with Gasteiger partial charge in [0.2, 0.25) is 0 Å². The van der Waals surface area contributed by atoms with Crippen LogP contribution in [0.15, 0.2) is 107 Å². The average molecular weight is 1170 g/mol. The molecule has 9 aromatic rings. The Labute approximate surface area is 462 Å². The van der Waals surface area contributed by atoms with E-state index < -0.39 is 52.2 Å². The van der Waals surface area contributed by atoms with Gasteiger partial charge in [-0.25, -0.2) is 0 Å². The maximum atomic E-state index is 12.6. The van der Waals surface area contributed by atoms with Crippen molar-refractivity contribution in [3.05, 3.63) is 108 Å². The first-order valence-electron chi connectivity index (χ1n) is 22.1. The second kappa shape index (κ2) is 28.2. The molecule has 79 heavy (non-hydrogen) atoms. The van der Waals surface area contributed by atoms with Crippen molar-refractivity contribution in [1.29, 1.82) is 0 Å². The Morgan fingerprint density at radius 3 is 0.911 bits per heavy atom. The van der Waals surface area contributed by atoms with Gasteiger partial charge >= 0.3 is 37.2 Å². The number of ether oxygens (including phenoxy) is 9. The van der Waals surface area contributed by atoms with Crippen LogP contribution < -0.4 is 57.6 Å². The molecule has 414 valence electrons. The van der Waals surface area contributed by atoms with Crippen LogP contribution in [0.25, 0.3) is 33.1 Å². The third kappa shape index (κ3) is 15.5. The first kappa shape index (κ1) is 60.5. The van der Waals surface area contributed by atoms with E-state index in [1.807, 2.05) is 0 Å². The summed E-state index contributed by atoms with van der Waals surface area (Å²) in [4.78, 5) is 37.4. The Balaban J connectivity index is 0.000000190. The predicted octanol–water partition coefficient (Wildman–Crippen LogP) is 7.16. The van der Waals surface area contributed by atoms with Gasteiger partial charge in [-0.2, -0.15) is 26.3 Å². The maximum absolute atomic E-state index is 12.6. The number of benzene rings is 3. The van der Waals surface area contributed by atoms with Crippen LogP contribution in [-0.2, 0) is 49.7 Å². The second-order valence-electron chi connectivity index (χ2n) is 15.1. The SMILES string of the molecule is COc1ccnc(C[S@](=O)c2nc3cc(OC(F)F)ccc3[n-]2)c1OC.COc1ccnc(C[S@](=O)c2nc3cc(OC(F)F)ccc3[n-]2)c1OC.COc1ccnc(C[S@](=O)c2nc3cc(OC(F)F)ccc3[n-]2)c1OC.[Al+3]. The standard InChI is InChI=1S/3C16H14F2N3O4S.Al/c3*1-23-13-5-6-19-12(14(13)24-2)8-26(22)16-20-10-4-3-9(25-15(17)18)7-11(10)21-16;/h3*3-7,15H,8H2,1-2H3;/q3*-1;+3/t3*26-;/m000./s1. The van der Waals surface area contributed by atoms with Crippen molar-refractivity contribution in [1.82, 2.24) is 44.9 Å². The molecular formula is C48H42AlF6N9O12S3. The molecule has 0 spiro atoms. The fourth-order valence-electron chi connectivity index (χ4n) is 7.02. The zero-order valence-corrected chi connectivity index (χ0v) is 45.6. The number of fused-ring (bicyclic) bond motifs is 3. The van der Waals surface area contributed by atoms with Crippen LogP contribution in [0.2, 0.25) is 0 Å². The van der Waals surface area contributed by atoms with E-state index in [4.69, 9.17) is 28.4 Å². The molecule has 0 N–H and O–H groups in total. The molecule has 21 nitrogen and oxygen atoms in total. The van der Waals surface area contributed by atoms with Gasteiger partial charge in [-0.05, 0) is 69.5 Å². The molecule has 9 rings (SSSR count). The van der Waals surface area contributed by atoms with Crippen LogP contribution in [-0.4, -0.2) is 122 Å². The summed E-state index contributed by atoms with van der Waals surface area (Å²) in [5, 5.41) is 0.211. The maximum Gasteiger partial charge on any atom is 3.00 e. The Kier molecular flexibility index (Phi) is 21.6. The van der Waals surface area contributed by atoms with Gasteiger partial charge in [-0.1, -0.05) is 18.2 Å². The molecule has 0 fully saturated rings. The van der Waals surface area contributed by atoms with Gasteiger partial charge in [-0.15, -0.1) is 0 Å². The van der Waals surface area contributed by atoms with E-state index >= 15 is 0 Å². The van der Waals surface area contributed by atoms with Crippen molar-refractivity contribution in [2.75, 3.05) is 42.7 Å². The molecule has 6 aromatic heterocycles. The van der Waals surface area contributed by atoms with E-state index in [2.05, 4.69) is 59.1 Å². The zero-order chi connectivity index (χ0) is 56.0. The minimum Gasteiger partial charge on any atom is -0.493 e. The van der Waals surface area contributed by atoms with E-state index in [0.29, 0.717) is 84.7 Å². The second-order valence-corrected chi connectivity index (χ2v) is 19.1. The molecule has 0 aliphatic heterocycles. The van der Waals surface area contributed by atoms with Gasteiger partial charge < -0.3 is 72.5 Å². The molecule has 0 radical (unpaired) electrons. The summed E-state index contributed by atoms with van der Waals surface area (Å²) in [5.74, 6) is 2.46. The summed E-state index contributed by atoms with van der Waals surface area (Å²) in [6.45, 7) is -8.80. The number of hydrogen-bond acceptors (Lipinski definition) is 18. The molecule has 0 saturated carbocycles. The van der Waals surface area contributed by atoms with Crippen molar-refractivity contribution in [2.24, 2.45) is 0 Å². The molecule has 3 aromatic carbocycles. The van der Waals surface area contributed by atoms with Crippen molar-refractivity contribution in [3.8, 4) is 51.7 Å². The Morgan fingerprint density at radius 1 is 0.418 bits per heavy atom. The van der Waals surface area contributed by atoms with Crippen molar-refractivity contribution < 1.29 is 81.6 Å². The van der Waals surface area contributed by atoms with Crippen LogP contribution >= 0.6 is 0 Å². The van der Waals surface area contributed by atoms with Gasteiger partial charge in [0.15, 0.2) is 34.5 Å². The van der Waals surface area contributed by atoms with Crippen LogP contribution in [0.5, 0.6) is 51.7 Å². The molecule has 0 aliphatic rings. The number of nitrogens with zero attached hydrogens (tertiary/aromatic N) is 9. The van der Waals surface area contributed by atoms with E-state index in [0.717, 1.165) is 0 Å².